The van der Waals surface area contributed by atoms with Gasteiger partial charge in [-0.25, -0.2) is 18.4 Å². The first kappa shape index (κ1) is 18.1. The number of carbonyl (C=O) groups is 1. The summed E-state index contributed by atoms with van der Waals surface area (Å²) >= 11 is 0. The zero-order valence-electron chi connectivity index (χ0n) is 14.0. The summed E-state index contributed by atoms with van der Waals surface area (Å²) in [6.45, 7) is 1.52. The summed E-state index contributed by atoms with van der Waals surface area (Å²) in [5.74, 6) is -2.16. The van der Waals surface area contributed by atoms with Gasteiger partial charge in [-0.1, -0.05) is 6.07 Å². The van der Waals surface area contributed by atoms with Crippen molar-refractivity contribution in [3.63, 3.8) is 0 Å². The van der Waals surface area contributed by atoms with Crippen molar-refractivity contribution in [2.75, 3.05) is 0 Å². The maximum Gasteiger partial charge on any atom is 0.295 e. The van der Waals surface area contributed by atoms with E-state index in [9.17, 15) is 23.7 Å². The molecule has 1 atom stereocenters. The Labute approximate surface area is 151 Å². The van der Waals surface area contributed by atoms with E-state index >= 15 is 0 Å². The van der Waals surface area contributed by atoms with Gasteiger partial charge >= 0.3 is 0 Å². The highest BCUT2D eigenvalue weighted by Crippen LogP contribution is 2.24. The Kier molecular flexibility index (Phi) is 4.88. The molecule has 0 aliphatic carbocycles. The molecule has 1 heterocycles. The van der Waals surface area contributed by atoms with Gasteiger partial charge in [0, 0.05) is 23.3 Å². The Morgan fingerprint density at radius 1 is 1.26 bits per heavy atom. The first-order chi connectivity index (χ1) is 12.9. The van der Waals surface area contributed by atoms with Crippen LogP contribution in [-0.2, 0) is 0 Å². The SMILES string of the molecule is C[C@H](NC(=O)c1ccc(-n2cncn2)c([N+](=O)[O-])c1)c1ccc(F)cc1F. The van der Waals surface area contributed by atoms with E-state index in [1.807, 2.05) is 0 Å². The number of hydrogen-bond donors (Lipinski definition) is 1. The van der Waals surface area contributed by atoms with Crippen molar-refractivity contribution in [1.29, 1.82) is 0 Å². The third kappa shape index (κ3) is 3.78. The lowest BCUT2D eigenvalue weighted by molar-refractivity contribution is -0.384. The van der Waals surface area contributed by atoms with Crippen LogP contribution < -0.4 is 5.32 Å². The molecule has 10 heteroatoms. The van der Waals surface area contributed by atoms with Crippen LogP contribution in [0.2, 0.25) is 0 Å². The molecule has 0 fully saturated rings. The van der Waals surface area contributed by atoms with Gasteiger partial charge in [0.05, 0.1) is 11.0 Å². The van der Waals surface area contributed by atoms with Crippen LogP contribution in [0.25, 0.3) is 5.69 Å². The van der Waals surface area contributed by atoms with E-state index in [4.69, 9.17) is 0 Å². The number of nitro benzene ring substituents is 1. The number of benzene rings is 2. The molecule has 0 saturated carbocycles. The maximum atomic E-state index is 13.8. The highest BCUT2D eigenvalue weighted by molar-refractivity contribution is 5.95. The van der Waals surface area contributed by atoms with Gasteiger partial charge in [0.1, 0.15) is 30.0 Å². The second-order valence-electron chi connectivity index (χ2n) is 5.66. The van der Waals surface area contributed by atoms with Crippen LogP contribution in [0.4, 0.5) is 14.5 Å². The second kappa shape index (κ2) is 7.28. The molecule has 0 saturated heterocycles. The van der Waals surface area contributed by atoms with Gasteiger partial charge in [-0.05, 0) is 25.1 Å². The van der Waals surface area contributed by atoms with Gasteiger partial charge in [0.2, 0.25) is 0 Å². The lowest BCUT2D eigenvalue weighted by Gasteiger charge is -2.15. The molecule has 0 spiro atoms. The minimum Gasteiger partial charge on any atom is -0.345 e. The van der Waals surface area contributed by atoms with Crippen molar-refractivity contribution in [3.05, 3.63) is 81.9 Å². The fraction of sp³-hybridized carbons (Fsp3) is 0.118. The van der Waals surface area contributed by atoms with Crippen LogP contribution in [-0.4, -0.2) is 25.6 Å². The number of halogens is 2. The summed E-state index contributed by atoms with van der Waals surface area (Å²) in [6, 6.07) is 6.10. The highest BCUT2D eigenvalue weighted by atomic mass is 19.1. The molecule has 0 bridgehead atoms. The number of carbonyl (C=O) groups excluding carboxylic acids is 1. The molecule has 1 N–H and O–H groups in total. The van der Waals surface area contributed by atoms with Crippen LogP contribution in [0.3, 0.4) is 0 Å². The van der Waals surface area contributed by atoms with Crippen molar-refractivity contribution >= 4 is 11.6 Å². The standard InChI is InChI=1S/C17H13F2N5O3/c1-10(13-4-3-12(18)7-14(13)19)22-17(25)11-2-5-15(16(6-11)24(26)27)23-9-20-8-21-23/h2-10H,1H3,(H,22,25)/t10-/m0/s1. The second-order valence-corrected chi connectivity index (χ2v) is 5.66. The van der Waals surface area contributed by atoms with E-state index < -0.39 is 28.5 Å². The molecule has 0 aliphatic heterocycles. The number of nitro groups is 1. The van der Waals surface area contributed by atoms with Crippen molar-refractivity contribution in [3.8, 4) is 5.69 Å². The smallest absolute Gasteiger partial charge is 0.295 e. The van der Waals surface area contributed by atoms with E-state index in [1.54, 1.807) is 0 Å². The van der Waals surface area contributed by atoms with Crippen molar-refractivity contribution in [1.82, 2.24) is 20.1 Å². The molecule has 1 aromatic heterocycles. The zero-order valence-corrected chi connectivity index (χ0v) is 14.0. The van der Waals surface area contributed by atoms with E-state index in [0.717, 1.165) is 18.2 Å². The Hall–Kier alpha value is -3.69. The van der Waals surface area contributed by atoms with Crippen LogP contribution >= 0.6 is 0 Å². The molecule has 27 heavy (non-hydrogen) atoms. The fourth-order valence-corrected chi connectivity index (χ4v) is 2.55. The van der Waals surface area contributed by atoms with Gasteiger partial charge in [0.25, 0.3) is 11.6 Å². The lowest BCUT2D eigenvalue weighted by atomic mass is 10.1. The predicted octanol–water partition coefficient (Wildman–Crippen LogP) is 2.94. The summed E-state index contributed by atoms with van der Waals surface area (Å²) in [6.07, 6.45) is 2.52. The fourth-order valence-electron chi connectivity index (χ4n) is 2.55. The van der Waals surface area contributed by atoms with E-state index in [0.29, 0.717) is 0 Å². The normalized spacial score (nSPS) is 11.8. The van der Waals surface area contributed by atoms with Gasteiger partial charge in [-0.15, -0.1) is 0 Å². The first-order valence-corrected chi connectivity index (χ1v) is 7.76. The van der Waals surface area contributed by atoms with Gasteiger partial charge in [0.15, 0.2) is 0 Å². The molecule has 0 aliphatic rings. The molecule has 138 valence electrons. The number of aromatic nitrogens is 3. The maximum absolute atomic E-state index is 13.8. The number of nitrogens with one attached hydrogen (secondary N) is 1. The quantitative estimate of drug-likeness (QED) is 0.547. The third-order valence-corrected chi connectivity index (χ3v) is 3.88. The lowest BCUT2D eigenvalue weighted by Crippen LogP contribution is -2.27. The Morgan fingerprint density at radius 2 is 2.04 bits per heavy atom. The molecule has 3 aromatic rings. The van der Waals surface area contributed by atoms with Gasteiger partial charge in [-0.2, -0.15) is 5.10 Å². The summed E-state index contributed by atoms with van der Waals surface area (Å²) in [5, 5.41) is 17.7. The van der Waals surface area contributed by atoms with Crippen LogP contribution in [0.1, 0.15) is 28.9 Å². The number of nitrogens with zero attached hydrogens (tertiary/aromatic N) is 4. The Morgan fingerprint density at radius 3 is 2.67 bits per heavy atom. The predicted molar refractivity (Wildman–Crippen MR) is 90.3 cm³/mol. The molecule has 0 radical (unpaired) electrons. The molecule has 3 rings (SSSR count). The molecule has 1 amide bonds. The molecule has 0 unspecified atom stereocenters. The van der Waals surface area contributed by atoms with E-state index in [-0.39, 0.29) is 22.5 Å². The van der Waals surface area contributed by atoms with Gasteiger partial charge < -0.3 is 5.32 Å². The minimum absolute atomic E-state index is 0.0138. The summed E-state index contributed by atoms with van der Waals surface area (Å²) in [7, 11) is 0. The van der Waals surface area contributed by atoms with Gasteiger partial charge in [-0.3, -0.25) is 14.9 Å². The molecule has 8 nitrogen and oxygen atoms in total. The van der Waals surface area contributed by atoms with Crippen LogP contribution in [0.15, 0.2) is 49.1 Å². The monoisotopic (exact) mass is 373 g/mol. The summed E-state index contributed by atoms with van der Waals surface area (Å²) in [4.78, 5) is 26.8. The molecular formula is C17H13F2N5O3. The summed E-state index contributed by atoms with van der Waals surface area (Å²) in [5.41, 5.74) is -0.0844. The minimum atomic E-state index is -0.796. The first-order valence-electron chi connectivity index (χ1n) is 7.76. The molecule has 2 aromatic carbocycles. The average Bonchev–Trinajstić information content (AvgIpc) is 3.15. The Balaban J connectivity index is 1.86. The highest BCUT2D eigenvalue weighted by Gasteiger charge is 2.21. The van der Waals surface area contributed by atoms with E-state index in [2.05, 4.69) is 15.4 Å². The third-order valence-electron chi connectivity index (χ3n) is 3.88. The van der Waals surface area contributed by atoms with Crippen molar-refractivity contribution < 1.29 is 18.5 Å². The zero-order chi connectivity index (χ0) is 19.6. The number of rotatable bonds is 5. The van der Waals surface area contributed by atoms with Crippen molar-refractivity contribution in [2.24, 2.45) is 0 Å². The topological polar surface area (TPSA) is 103 Å². The summed E-state index contributed by atoms with van der Waals surface area (Å²) < 4.78 is 28.1. The Bertz CT molecular complexity index is 1010. The largest absolute Gasteiger partial charge is 0.345 e. The number of hydrogen-bond acceptors (Lipinski definition) is 5. The van der Waals surface area contributed by atoms with Crippen LogP contribution in [0.5, 0.6) is 0 Å². The average molecular weight is 373 g/mol. The van der Waals surface area contributed by atoms with E-state index in [1.165, 1.54) is 42.5 Å². The number of amides is 1. The van der Waals surface area contributed by atoms with Crippen molar-refractivity contribution in [2.45, 2.75) is 13.0 Å². The van der Waals surface area contributed by atoms with Crippen LogP contribution in [0, 0.1) is 21.7 Å². The molecular weight excluding hydrogens is 360 g/mol.